The van der Waals surface area contributed by atoms with Gasteiger partial charge < -0.3 is 9.84 Å². The van der Waals surface area contributed by atoms with Gasteiger partial charge in [-0.1, -0.05) is 17.6 Å². The van der Waals surface area contributed by atoms with Crippen molar-refractivity contribution >= 4 is 17.0 Å². The highest BCUT2D eigenvalue weighted by Crippen LogP contribution is 2.25. The van der Waals surface area contributed by atoms with Gasteiger partial charge in [-0.15, -0.1) is 0 Å². The number of likely N-dealkylation sites (tertiary alicyclic amines) is 1. The Morgan fingerprint density at radius 2 is 2.11 bits per heavy atom. The van der Waals surface area contributed by atoms with Gasteiger partial charge in [0.2, 0.25) is 0 Å². The molecule has 1 aliphatic heterocycles. The molecule has 1 fully saturated rings. The molecule has 3 aromatic heterocycles. The molecule has 1 amide bonds. The van der Waals surface area contributed by atoms with Gasteiger partial charge in [0.1, 0.15) is 0 Å². The summed E-state index contributed by atoms with van der Waals surface area (Å²) in [6.45, 7) is 6.28. The van der Waals surface area contributed by atoms with Gasteiger partial charge in [0.05, 0.1) is 22.7 Å². The van der Waals surface area contributed by atoms with Crippen molar-refractivity contribution < 1.29 is 9.32 Å². The highest BCUT2D eigenvalue weighted by atomic mass is 16.5. The van der Waals surface area contributed by atoms with E-state index in [0.717, 1.165) is 24.3 Å². The zero-order valence-electron chi connectivity index (χ0n) is 16.3. The monoisotopic (exact) mass is 379 g/mol. The second kappa shape index (κ2) is 8.06. The Morgan fingerprint density at radius 1 is 1.29 bits per heavy atom. The number of amides is 1. The van der Waals surface area contributed by atoms with E-state index in [4.69, 9.17) is 4.52 Å². The molecule has 0 spiro atoms. The van der Waals surface area contributed by atoms with Crippen LogP contribution in [-0.4, -0.2) is 45.6 Å². The minimum atomic E-state index is -0.132. The lowest BCUT2D eigenvalue weighted by atomic mass is 10.0. The Bertz CT molecular complexity index is 964. The van der Waals surface area contributed by atoms with Crippen molar-refractivity contribution in [1.82, 2.24) is 25.3 Å². The summed E-state index contributed by atoms with van der Waals surface area (Å²) in [6, 6.07) is 5.93. The average molecular weight is 379 g/mol. The zero-order valence-corrected chi connectivity index (χ0v) is 16.3. The number of aryl methyl sites for hydroxylation is 2. The quantitative estimate of drug-likeness (QED) is 0.733. The highest BCUT2D eigenvalue weighted by Gasteiger charge is 2.24. The van der Waals surface area contributed by atoms with Crippen LogP contribution in [0.3, 0.4) is 0 Å². The lowest BCUT2D eigenvalue weighted by molar-refractivity contribution is 0.0925. The van der Waals surface area contributed by atoms with Gasteiger partial charge in [0, 0.05) is 24.6 Å². The standard InChI is InChI=1S/C21H25N5O2/c1-14-11-17(19-15(2)25-28-21(19)24-14)20(27)23-13-18(16-7-6-8-22-12-16)26-9-4-3-5-10-26/h6-8,11-12,18H,3-5,9-10,13H2,1-2H3,(H,23,27)/t18-/m0/s1. The molecule has 0 bridgehead atoms. The molecule has 3 aromatic rings. The van der Waals surface area contributed by atoms with E-state index in [0.29, 0.717) is 28.9 Å². The minimum absolute atomic E-state index is 0.111. The molecule has 1 N–H and O–H groups in total. The van der Waals surface area contributed by atoms with Crippen molar-refractivity contribution in [3.63, 3.8) is 0 Å². The molecule has 0 unspecified atom stereocenters. The normalized spacial score (nSPS) is 16.2. The minimum Gasteiger partial charge on any atom is -0.350 e. The zero-order chi connectivity index (χ0) is 19.5. The fourth-order valence-electron chi connectivity index (χ4n) is 3.94. The van der Waals surface area contributed by atoms with E-state index in [9.17, 15) is 4.79 Å². The summed E-state index contributed by atoms with van der Waals surface area (Å²) in [5.74, 6) is -0.132. The fraction of sp³-hybridized carbons (Fsp3) is 0.429. The largest absolute Gasteiger partial charge is 0.350 e. The van der Waals surface area contributed by atoms with Gasteiger partial charge in [-0.25, -0.2) is 4.98 Å². The van der Waals surface area contributed by atoms with Crippen LogP contribution in [-0.2, 0) is 0 Å². The summed E-state index contributed by atoms with van der Waals surface area (Å²) in [5, 5.41) is 7.77. The van der Waals surface area contributed by atoms with E-state index < -0.39 is 0 Å². The first-order chi connectivity index (χ1) is 13.6. The molecule has 1 aliphatic rings. The average Bonchev–Trinajstić information content (AvgIpc) is 3.09. The Hall–Kier alpha value is -2.80. The topological polar surface area (TPSA) is 84.2 Å². The number of hydrogen-bond acceptors (Lipinski definition) is 6. The van der Waals surface area contributed by atoms with Crippen LogP contribution in [0, 0.1) is 13.8 Å². The number of pyridine rings is 2. The van der Waals surface area contributed by atoms with Crippen molar-refractivity contribution in [2.24, 2.45) is 0 Å². The molecular formula is C21H25N5O2. The third-order valence-electron chi connectivity index (χ3n) is 5.35. The van der Waals surface area contributed by atoms with Gasteiger partial charge in [-0.2, -0.15) is 0 Å². The second-order valence-corrected chi connectivity index (χ2v) is 7.37. The molecule has 7 heteroatoms. The molecule has 0 radical (unpaired) electrons. The Morgan fingerprint density at radius 3 is 2.86 bits per heavy atom. The van der Waals surface area contributed by atoms with Crippen molar-refractivity contribution in [2.45, 2.75) is 39.2 Å². The Labute approximate surface area is 164 Å². The summed E-state index contributed by atoms with van der Waals surface area (Å²) < 4.78 is 5.25. The van der Waals surface area contributed by atoms with Gasteiger partial charge in [0.25, 0.3) is 11.6 Å². The van der Waals surface area contributed by atoms with E-state index in [1.807, 2.05) is 26.1 Å². The molecular weight excluding hydrogens is 354 g/mol. The lowest BCUT2D eigenvalue weighted by Gasteiger charge is -2.34. The van der Waals surface area contributed by atoms with E-state index in [2.05, 4.69) is 31.4 Å². The van der Waals surface area contributed by atoms with Crippen LogP contribution in [0.2, 0.25) is 0 Å². The number of rotatable bonds is 5. The third kappa shape index (κ3) is 3.75. The first-order valence-electron chi connectivity index (χ1n) is 9.79. The Kier molecular flexibility index (Phi) is 5.34. The van der Waals surface area contributed by atoms with Gasteiger partial charge in [-0.05, 0) is 57.5 Å². The summed E-state index contributed by atoms with van der Waals surface area (Å²) in [5.41, 5.74) is 3.50. The SMILES string of the molecule is Cc1cc(C(=O)NC[C@@H](c2cccnc2)N2CCCCC2)c2c(C)noc2n1. The predicted octanol–water partition coefficient (Wildman–Crippen LogP) is 3.19. The van der Waals surface area contributed by atoms with Crippen molar-refractivity contribution in [3.8, 4) is 0 Å². The van der Waals surface area contributed by atoms with Crippen LogP contribution in [0.15, 0.2) is 35.1 Å². The molecule has 7 nitrogen and oxygen atoms in total. The van der Waals surface area contributed by atoms with E-state index >= 15 is 0 Å². The molecule has 0 aromatic carbocycles. The summed E-state index contributed by atoms with van der Waals surface area (Å²) in [7, 11) is 0. The summed E-state index contributed by atoms with van der Waals surface area (Å²) >= 11 is 0. The van der Waals surface area contributed by atoms with Gasteiger partial charge in [-0.3, -0.25) is 14.7 Å². The number of nitrogens with zero attached hydrogens (tertiary/aromatic N) is 4. The number of piperidine rings is 1. The molecule has 4 rings (SSSR count). The van der Waals surface area contributed by atoms with Gasteiger partial charge in [0.15, 0.2) is 0 Å². The first kappa shape index (κ1) is 18.6. The number of fused-ring (bicyclic) bond motifs is 1. The molecule has 0 saturated carbocycles. The van der Waals surface area contributed by atoms with Crippen LogP contribution in [0.1, 0.15) is 52.6 Å². The maximum absolute atomic E-state index is 13.0. The van der Waals surface area contributed by atoms with Crippen molar-refractivity contribution in [3.05, 3.63) is 53.1 Å². The molecule has 28 heavy (non-hydrogen) atoms. The van der Waals surface area contributed by atoms with Crippen molar-refractivity contribution in [2.75, 3.05) is 19.6 Å². The van der Waals surface area contributed by atoms with Crippen LogP contribution in [0.25, 0.3) is 11.1 Å². The smallest absolute Gasteiger partial charge is 0.258 e. The fourth-order valence-corrected chi connectivity index (χ4v) is 3.94. The third-order valence-corrected chi connectivity index (χ3v) is 5.35. The maximum atomic E-state index is 13.0. The molecule has 4 heterocycles. The van der Waals surface area contributed by atoms with E-state index in [1.54, 1.807) is 12.3 Å². The summed E-state index contributed by atoms with van der Waals surface area (Å²) in [6.07, 6.45) is 7.32. The lowest BCUT2D eigenvalue weighted by Crippen LogP contribution is -2.40. The molecule has 1 saturated heterocycles. The van der Waals surface area contributed by atoms with Crippen LogP contribution < -0.4 is 5.32 Å². The number of aromatic nitrogens is 3. The van der Waals surface area contributed by atoms with E-state index in [1.165, 1.54) is 19.3 Å². The maximum Gasteiger partial charge on any atom is 0.258 e. The molecule has 0 aliphatic carbocycles. The van der Waals surface area contributed by atoms with Crippen LogP contribution in [0.5, 0.6) is 0 Å². The summed E-state index contributed by atoms with van der Waals surface area (Å²) in [4.78, 5) is 24.1. The number of carbonyl (C=O) groups excluding carboxylic acids is 1. The second-order valence-electron chi connectivity index (χ2n) is 7.37. The molecule has 1 atom stereocenters. The van der Waals surface area contributed by atoms with Crippen molar-refractivity contribution in [1.29, 1.82) is 0 Å². The van der Waals surface area contributed by atoms with Gasteiger partial charge >= 0.3 is 0 Å². The van der Waals surface area contributed by atoms with Crippen LogP contribution in [0.4, 0.5) is 0 Å². The van der Waals surface area contributed by atoms with E-state index in [-0.39, 0.29) is 11.9 Å². The van der Waals surface area contributed by atoms with Crippen LogP contribution >= 0.6 is 0 Å². The molecule has 146 valence electrons. The highest BCUT2D eigenvalue weighted by molar-refractivity contribution is 6.06. The Balaban J connectivity index is 1.57. The number of carbonyl (C=O) groups is 1. The number of nitrogens with one attached hydrogen (secondary N) is 1. The predicted molar refractivity (Wildman–Crippen MR) is 106 cm³/mol. The first-order valence-corrected chi connectivity index (χ1v) is 9.79. The number of hydrogen-bond donors (Lipinski definition) is 1.